The van der Waals surface area contributed by atoms with Crippen LogP contribution in [0.5, 0.6) is 0 Å². The summed E-state index contributed by atoms with van der Waals surface area (Å²) in [5.41, 5.74) is 1.05. The molecule has 0 amide bonds. The molecule has 0 aromatic carbocycles. The van der Waals surface area contributed by atoms with E-state index in [1.165, 1.54) is 12.8 Å². The summed E-state index contributed by atoms with van der Waals surface area (Å²) in [6.45, 7) is 7.16. The third-order valence-corrected chi connectivity index (χ3v) is 3.70. The van der Waals surface area contributed by atoms with Crippen molar-refractivity contribution >= 4 is 0 Å². The quantitative estimate of drug-likeness (QED) is 0.844. The molecule has 1 aromatic heterocycles. The van der Waals surface area contributed by atoms with Crippen molar-refractivity contribution in [3.8, 4) is 0 Å². The standard InChI is InChI=1S/C14H25N3O/c1-3-13(4-2)17-9-7-12(16-17)11-18-14-6-5-8-15-10-14/h7,9,13-15H,3-6,8,10-11H2,1-2H3. The highest BCUT2D eigenvalue weighted by Gasteiger charge is 2.14. The highest BCUT2D eigenvalue weighted by atomic mass is 16.5. The normalized spacial score (nSPS) is 20.5. The van der Waals surface area contributed by atoms with Gasteiger partial charge >= 0.3 is 0 Å². The predicted molar refractivity (Wildman–Crippen MR) is 72.5 cm³/mol. The SMILES string of the molecule is CCC(CC)n1ccc(COC2CCCNC2)n1. The molecule has 2 heterocycles. The number of nitrogens with one attached hydrogen (secondary N) is 1. The Morgan fingerprint density at radius 1 is 1.50 bits per heavy atom. The molecule has 102 valence electrons. The molecule has 2 rings (SSSR count). The van der Waals surface area contributed by atoms with Crippen LogP contribution in [-0.2, 0) is 11.3 Å². The van der Waals surface area contributed by atoms with Crippen molar-refractivity contribution in [3.63, 3.8) is 0 Å². The lowest BCUT2D eigenvalue weighted by molar-refractivity contribution is 0.0233. The minimum Gasteiger partial charge on any atom is -0.371 e. The lowest BCUT2D eigenvalue weighted by Gasteiger charge is -2.22. The van der Waals surface area contributed by atoms with Crippen LogP contribution in [0.3, 0.4) is 0 Å². The fourth-order valence-corrected chi connectivity index (χ4v) is 2.49. The molecule has 18 heavy (non-hydrogen) atoms. The van der Waals surface area contributed by atoms with Gasteiger partial charge in [0.05, 0.1) is 24.4 Å². The first-order valence-corrected chi connectivity index (χ1v) is 7.19. The highest BCUT2D eigenvalue weighted by Crippen LogP contribution is 2.15. The van der Waals surface area contributed by atoms with Gasteiger partial charge in [0, 0.05) is 12.7 Å². The summed E-state index contributed by atoms with van der Waals surface area (Å²) in [6, 6.07) is 2.60. The molecule has 0 spiro atoms. The monoisotopic (exact) mass is 251 g/mol. The minimum absolute atomic E-state index is 0.358. The van der Waals surface area contributed by atoms with Crippen LogP contribution in [0, 0.1) is 0 Å². The lowest BCUT2D eigenvalue weighted by atomic mass is 10.1. The molecule has 1 aliphatic heterocycles. The number of nitrogens with zero attached hydrogens (tertiary/aromatic N) is 2. The van der Waals surface area contributed by atoms with E-state index >= 15 is 0 Å². The average molecular weight is 251 g/mol. The van der Waals surface area contributed by atoms with Gasteiger partial charge in [-0.1, -0.05) is 13.8 Å². The molecule has 1 saturated heterocycles. The second-order valence-electron chi connectivity index (χ2n) is 5.04. The molecule has 1 aliphatic rings. The van der Waals surface area contributed by atoms with E-state index in [0.717, 1.165) is 31.6 Å². The van der Waals surface area contributed by atoms with Crippen LogP contribution < -0.4 is 5.32 Å². The Kier molecular flexibility index (Phi) is 5.20. The van der Waals surface area contributed by atoms with Crippen LogP contribution in [0.15, 0.2) is 12.3 Å². The minimum atomic E-state index is 0.358. The third kappa shape index (κ3) is 3.56. The zero-order valence-electron chi connectivity index (χ0n) is 11.6. The van der Waals surface area contributed by atoms with Crippen molar-refractivity contribution < 1.29 is 4.74 Å². The molecule has 1 fully saturated rings. The van der Waals surface area contributed by atoms with Crippen molar-refractivity contribution in [2.45, 2.75) is 58.3 Å². The molecule has 0 bridgehead atoms. The first kappa shape index (κ1) is 13.6. The van der Waals surface area contributed by atoms with Crippen LogP contribution in [-0.4, -0.2) is 29.0 Å². The molecular formula is C14H25N3O. The van der Waals surface area contributed by atoms with Crippen molar-refractivity contribution in [1.82, 2.24) is 15.1 Å². The lowest BCUT2D eigenvalue weighted by Crippen LogP contribution is -2.35. The molecule has 4 nitrogen and oxygen atoms in total. The molecule has 1 unspecified atom stereocenters. The van der Waals surface area contributed by atoms with E-state index in [2.05, 4.69) is 41.2 Å². The molecule has 1 N–H and O–H groups in total. The summed E-state index contributed by atoms with van der Waals surface area (Å²) in [6.07, 6.45) is 7.08. The highest BCUT2D eigenvalue weighted by molar-refractivity contribution is 4.98. The van der Waals surface area contributed by atoms with Crippen molar-refractivity contribution in [2.24, 2.45) is 0 Å². The van der Waals surface area contributed by atoms with Gasteiger partial charge in [0.25, 0.3) is 0 Å². The first-order chi connectivity index (χ1) is 8.83. The number of rotatable bonds is 6. The van der Waals surface area contributed by atoms with Gasteiger partial charge in [0.1, 0.15) is 0 Å². The zero-order chi connectivity index (χ0) is 12.8. The van der Waals surface area contributed by atoms with Gasteiger partial charge in [0.2, 0.25) is 0 Å². The van der Waals surface area contributed by atoms with E-state index in [1.807, 2.05) is 0 Å². The van der Waals surface area contributed by atoms with Crippen LogP contribution >= 0.6 is 0 Å². The van der Waals surface area contributed by atoms with Crippen molar-refractivity contribution in [1.29, 1.82) is 0 Å². The molecular weight excluding hydrogens is 226 g/mol. The van der Waals surface area contributed by atoms with Crippen molar-refractivity contribution in [2.75, 3.05) is 13.1 Å². The maximum absolute atomic E-state index is 5.89. The van der Waals surface area contributed by atoms with Gasteiger partial charge in [-0.05, 0) is 38.3 Å². The fraction of sp³-hybridized carbons (Fsp3) is 0.786. The Labute approximate surface area is 110 Å². The van der Waals surface area contributed by atoms with Crippen LogP contribution in [0.25, 0.3) is 0 Å². The zero-order valence-corrected chi connectivity index (χ0v) is 11.6. The van der Waals surface area contributed by atoms with Gasteiger partial charge in [-0.2, -0.15) is 5.10 Å². The van der Waals surface area contributed by atoms with Gasteiger partial charge in [0.15, 0.2) is 0 Å². The maximum atomic E-state index is 5.89. The maximum Gasteiger partial charge on any atom is 0.0910 e. The average Bonchev–Trinajstić information content (AvgIpc) is 2.88. The number of piperidine rings is 1. The van der Waals surface area contributed by atoms with Gasteiger partial charge in [-0.15, -0.1) is 0 Å². The summed E-state index contributed by atoms with van der Waals surface area (Å²) in [4.78, 5) is 0. The van der Waals surface area contributed by atoms with E-state index in [-0.39, 0.29) is 0 Å². The number of ether oxygens (including phenoxy) is 1. The Bertz CT molecular complexity index is 341. The van der Waals surface area contributed by atoms with Crippen LogP contribution in [0.2, 0.25) is 0 Å². The summed E-state index contributed by atoms with van der Waals surface area (Å²) in [5.74, 6) is 0. The van der Waals surface area contributed by atoms with E-state index in [4.69, 9.17) is 4.74 Å². The molecule has 0 saturated carbocycles. The Hall–Kier alpha value is -0.870. The Morgan fingerprint density at radius 3 is 3.00 bits per heavy atom. The second kappa shape index (κ2) is 6.90. The van der Waals surface area contributed by atoms with Crippen LogP contribution in [0.1, 0.15) is 51.3 Å². The smallest absolute Gasteiger partial charge is 0.0910 e. The molecule has 0 radical (unpaired) electrons. The predicted octanol–water partition coefficient (Wildman–Crippen LogP) is 2.51. The van der Waals surface area contributed by atoms with E-state index in [1.54, 1.807) is 0 Å². The molecule has 4 heteroatoms. The molecule has 1 atom stereocenters. The number of hydrogen-bond donors (Lipinski definition) is 1. The van der Waals surface area contributed by atoms with E-state index < -0.39 is 0 Å². The summed E-state index contributed by atoms with van der Waals surface area (Å²) < 4.78 is 7.97. The van der Waals surface area contributed by atoms with E-state index in [9.17, 15) is 0 Å². The number of aromatic nitrogens is 2. The first-order valence-electron chi connectivity index (χ1n) is 7.19. The Balaban J connectivity index is 1.82. The van der Waals surface area contributed by atoms with Gasteiger partial charge in [-0.3, -0.25) is 4.68 Å². The summed E-state index contributed by atoms with van der Waals surface area (Å²) in [7, 11) is 0. The van der Waals surface area contributed by atoms with Crippen molar-refractivity contribution in [3.05, 3.63) is 18.0 Å². The van der Waals surface area contributed by atoms with Crippen LogP contribution in [0.4, 0.5) is 0 Å². The molecule has 0 aliphatic carbocycles. The van der Waals surface area contributed by atoms with Gasteiger partial charge < -0.3 is 10.1 Å². The summed E-state index contributed by atoms with van der Waals surface area (Å²) >= 11 is 0. The third-order valence-electron chi connectivity index (χ3n) is 3.70. The molecule has 1 aromatic rings. The second-order valence-corrected chi connectivity index (χ2v) is 5.04. The van der Waals surface area contributed by atoms with E-state index in [0.29, 0.717) is 18.8 Å². The fourth-order valence-electron chi connectivity index (χ4n) is 2.49. The van der Waals surface area contributed by atoms with Gasteiger partial charge in [-0.25, -0.2) is 0 Å². The number of hydrogen-bond acceptors (Lipinski definition) is 3. The Morgan fingerprint density at radius 2 is 2.33 bits per heavy atom. The largest absolute Gasteiger partial charge is 0.371 e. The topological polar surface area (TPSA) is 39.1 Å². The summed E-state index contributed by atoms with van der Waals surface area (Å²) in [5, 5.41) is 7.97.